The van der Waals surface area contributed by atoms with Crippen molar-refractivity contribution < 1.29 is 4.74 Å². The van der Waals surface area contributed by atoms with E-state index >= 15 is 0 Å². The molecule has 0 N–H and O–H groups in total. The van der Waals surface area contributed by atoms with E-state index in [0.29, 0.717) is 0 Å². The number of para-hydroxylation sites is 1. The lowest BCUT2D eigenvalue weighted by Crippen LogP contribution is -2.40. The number of hydrogen-bond donors (Lipinski definition) is 0. The van der Waals surface area contributed by atoms with Crippen LogP contribution < -0.4 is 10.0 Å². The third-order valence-electron chi connectivity index (χ3n) is 3.73. The maximum atomic E-state index is 6.43. The van der Waals surface area contributed by atoms with E-state index in [1.807, 2.05) is 17.8 Å². The van der Waals surface area contributed by atoms with Crippen LogP contribution in [0.1, 0.15) is 41.5 Å². The van der Waals surface area contributed by atoms with Crippen molar-refractivity contribution >= 4 is 24.2 Å². The molecule has 1 rings (SSSR count). The highest BCUT2D eigenvalue weighted by Gasteiger charge is 2.53. The second kappa shape index (κ2) is 5.62. The molecular weight excluding hydrogens is 275 g/mol. The standard InChI is InChI=1S/C16H26ClOP/c1-15(2,3)19(12-17,16(4,5)6)14-11-9-8-10-13(14)18-7/h8-12H,1-7H3. The Morgan fingerprint density at radius 2 is 1.47 bits per heavy atom. The van der Waals surface area contributed by atoms with Crippen LogP contribution in [-0.2, 0) is 0 Å². The third kappa shape index (κ3) is 2.78. The number of ether oxygens (including phenoxy) is 1. The van der Waals surface area contributed by atoms with Crippen LogP contribution in [0.5, 0.6) is 5.75 Å². The lowest BCUT2D eigenvalue weighted by atomic mass is 10.2. The van der Waals surface area contributed by atoms with Crippen LogP contribution >= 0.6 is 18.9 Å². The van der Waals surface area contributed by atoms with Gasteiger partial charge in [0, 0.05) is 0 Å². The third-order valence-corrected chi connectivity index (χ3v) is 10.3. The SMILES string of the molecule is COc1ccccc1[P+]([CH-]Cl)(C(C)(C)C)C(C)(C)C. The van der Waals surface area contributed by atoms with Crippen LogP contribution in [0.15, 0.2) is 24.3 Å². The van der Waals surface area contributed by atoms with Crippen LogP contribution in [-0.4, -0.2) is 17.4 Å². The average Bonchev–Trinajstić information content (AvgIpc) is 2.27. The van der Waals surface area contributed by atoms with Crippen molar-refractivity contribution in [1.29, 1.82) is 0 Å². The summed E-state index contributed by atoms with van der Waals surface area (Å²) in [5, 5.41) is 1.43. The zero-order valence-corrected chi connectivity index (χ0v) is 14.8. The van der Waals surface area contributed by atoms with Crippen LogP contribution in [0.25, 0.3) is 0 Å². The Morgan fingerprint density at radius 3 is 1.84 bits per heavy atom. The summed E-state index contributed by atoms with van der Waals surface area (Å²) >= 11 is 6.43. The fourth-order valence-corrected chi connectivity index (χ4v) is 10.1. The Balaban J connectivity index is 3.66. The fourth-order valence-electron chi connectivity index (χ4n) is 3.00. The van der Waals surface area contributed by atoms with E-state index in [1.54, 1.807) is 7.11 Å². The molecule has 1 aromatic carbocycles. The summed E-state index contributed by atoms with van der Waals surface area (Å²) < 4.78 is 5.59. The minimum absolute atomic E-state index is 0.0850. The van der Waals surface area contributed by atoms with Crippen molar-refractivity contribution in [2.24, 2.45) is 0 Å². The van der Waals surface area contributed by atoms with E-state index < -0.39 is 7.26 Å². The highest BCUT2D eigenvalue weighted by Crippen LogP contribution is 2.79. The van der Waals surface area contributed by atoms with Gasteiger partial charge in [-0.2, -0.15) is 0 Å². The van der Waals surface area contributed by atoms with E-state index in [9.17, 15) is 0 Å². The van der Waals surface area contributed by atoms with E-state index in [1.165, 1.54) is 5.30 Å². The maximum Gasteiger partial charge on any atom is 0.158 e. The number of methoxy groups -OCH3 is 1. The molecule has 0 unspecified atom stereocenters. The van der Waals surface area contributed by atoms with Crippen LogP contribution in [0.3, 0.4) is 0 Å². The molecule has 3 heteroatoms. The Kier molecular flexibility index (Phi) is 4.97. The van der Waals surface area contributed by atoms with Gasteiger partial charge in [0.15, 0.2) is 5.75 Å². The van der Waals surface area contributed by atoms with Gasteiger partial charge in [0.25, 0.3) is 0 Å². The summed E-state index contributed by atoms with van der Waals surface area (Å²) in [7, 11) is -0.00656. The van der Waals surface area contributed by atoms with Crippen molar-refractivity contribution in [3.63, 3.8) is 0 Å². The first-order chi connectivity index (χ1) is 8.61. The first-order valence-corrected chi connectivity index (χ1v) is 8.88. The summed E-state index contributed by atoms with van der Waals surface area (Å²) in [5.41, 5.74) is 1.94. The molecule has 19 heavy (non-hydrogen) atoms. The Labute approximate surface area is 124 Å². The van der Waals surface area contributed by atoms with Gasteiger partial charge >= 0.3 is 0 Å². The molecule has 0 saturated carbocycles. The minimum atomic E-state index is -1.74. The van der Waals surface area contributed by atoms with Gasteiger partial charge in [-0.1, -0.05) is 25.0 Å². The van der Waals surface area contributed by atoms with Gasteiger partial charge in [-0.05, 0) is 53.7 Å². The monoisotopic (exact) mass is 300 g/mol. The predicted molar refractivity (Wildman–Crippen MR) is 89.2 cm³/mol. The van der Waals surface area contributed by atoms with Crippen molar-refractivity contribution in [3.8, 4) is 5.75 Å². The molecule has 0 atom stereocenters. The average molecular weight is 301 g/mol. The van der Waals surface area contributed by atoms with E-state index in [-0.39, 0.29) is 10.3 Å². The van der Waals surface area contributed by atoms with Crippen molar-refractivity contribution in [2.45, 2.75) is 51.9 Å². The lowest BCUT2D eigenvalue weighted by Gasteiger charge is -2.52. The van der Waals surface area contributed by atoms with E-state index in [0.717, 1.165) is 5.75 Å². The van der Waals surface area contributed by atoms with Crippen LogP contribution in [0.2, 0.25) is 0 Å². The first kappa shape index (κ1) is 16.8. The molecule has 0 aliphatic rings. The van der Waals surface area contributed by atoms with E-state index in [2.05, 4.69) is 53.7 Å². The zero-order valence-electron chi connectivity index (χ0n) is 13.1. The molecular formula is C16H26ClOP. The van der Waals surface area contributed by atoms with Gasteiger partial charge in [0.2, 0.25) is 0 Å². The fraction of sp³-hybridized carbons (Fsp3) is 0.562. The van der Waals surface area contributed by atoms with Gasteiger partial charge in [-0.15, -0.1) is 0 Å². The van der Waals surface area contributed by atoms with Crippen LogP contribution in [0.4, 0.5) is 0 Å². The molecule has 1 aromatic rings. The second-order valence-corrected chi connectivity index (χ2v) is 12.2. The maximum absolute atomic E-state index is 6.43. The molecule has 0 aliphatic heterocycles. The predicted octanol–water partition coefficient (Wildman–Crippen LogP) is 5.29. The van der Waals surface area contributed by atoms with Crippen molar-refractivity contribution in [2.75, 3.05) is 7.11 Å². The van der Waals surface area contributed by atoms with Gasteiger partial charge in [0.1, 0.15) is 5.30 Å². The lowest BCUT2D eigenvalue weighted by molar-refractivity contribution is 0.418. The Morgan fingerprint density at radius 1 is 1.00 bits per heavy atom. The van der Waals surface area contributed by atoms with Gasteiger partial charge in [-0.25, -0.2) is 0 Å². The quantitative estimate of drug-likeness (QED) is 0.544. The minimum Gasteiger partial charge on any atom is -0.493 e. The molecule has 0 spiro atoms. The van der Waals surface area contributed by atoms with E-state index in [4.69, 9.17) is 16.3 Å². The Hall–Kier alpha value is -0.260. The van der Waals surface area contributed by atoms with Gasteiger partial charge in [0.05, 0.1) is 17.4 Å². The smallest absolute Gasteiger partial charge is 0.158 e. The second-order valence-electron chi connectivity index (χ2n) is 6.83. The Bertz CT molecular complexity index is 415. The molecule has 0 amide bonds. The highest BCUT2D eigenvalue weighted by atomic mass is 35.5. The highest BCUT2D eigenvalue weighted by molar-refractivity contribution is 7.88. The topological polar surface area (TPSA) is 9.23 Å². The first-order valence-electron chi connectivity index (χ1n) is 6.59. The molecule has 0 bridgehead atoms. The largest absolute Gasteiger partial charge is 0.493 e. The summed E-state index contributed by atoms with van der Waals surface area (Å²) in [6.07, 6.45) is 0. The van der Waals surface area contributed by atoms with Gasteiger partial charge in [-0.3, -0.25) is 0 Å². The summed E-state index contributed by atoms with van der Waals surface area (Å²) in [4.78, 5) is 0. The normalized spacial score (nSPS) is 13.5. The number of hydrogen-bond acceptors (Lipinski definition) is 1. The number of halogens is 1. The number of rotatable bonds is 3. The van der Waals surface area contributed by atoms with Gasteiger partial charge < -0.3 is 16.3 Å². The van der Waals surface area contributed by atoms with Crippen LogP contribution in [0, 0.1) is 5.62 Å². The molecule has 1 nitrogen and oxygen atoms in total. The number of benzene rings is 1. The molecule has 0 aromatic heterocycles. The molecule has 0 aliphatic carbocycles. The molecule has 0 fully saturated rings. The summed E-state index contributed by atoms with van der Waals surface area (Å²) in [6, 6.07) is 8.28. The molecule has 0 saturated heterocycles. The molecule has 0 heterocycles. The molecule has 108 valence electrons. The summed E-state index contributed by atoms with van der Waals surface area (Å²) in [6.45, 7) is 13.7. The van der Waals surface area contributed by atoms with Crippen molar-refractivity contribution in [1.82, 2.24) is 0 Å². The summed E-state index contributed by atoms with van der Waals surface area (Å²) in [5.74, 6) is 0.942. The zero-order chi connectivity index (χ0) is 14.9. The molecule has 0 radical (unpaired) electrons. The van der Waals surface area contributed by atoms with Crippen molar-refractivity contribution in [3.05, 3.63) is 29.9 Å².